The Morgan fingerprint density at radius 3 is 2.67 bits per heavy atom. The molecule has 2 nitrogen and oxygen atoms in total. The molecular weight excluding hydrogens is 244 g/mol. The Kier molecular flexibility index (Phi) is 2.79. The van der Waals surface area contributed by atoms with E-state index in [0.717, 1.165) is 19.3 Å². The van der Waals surface area contributed by atoms with Gasteiger partial charge in [0, 0.05) is 4.90 Å². The molecule has 2 atom stereocenters. The van der Waals surface area contributed by atoms with Gasteiger partial charge in [-0.15, -0.1) is 0 Å². The second kappa shape index (κ2) is 4.10. The van der Waals surface area contributed by atoms with Crippen molar-refractivity contribution in [3.63, 3.8) is 0 Å². The summed E-state index contributed by atoms with van der Waals surface area (Å²) in [6.07, 6.45) is 3.03. The molecule has 3 rings (SSSR count). The molecule has 96 valence electrons. The van der Waals surface area contributed by atoms with Gasteiger partial charge in [0.1, 0.15) is 11.5 Å². The summed E-state index contributed by atoms with van der Waals surface area (Å²) in [6.45, 7) is 4.45. The lowest BCUT2D eigenvalue weighted by Crippen LogP contribution is -2.38. The minimum Gasteiger partial charge on any atom is -0.355 e. The molecule has 1 aromatic rings. The maximum Gasteiger partial charge on any atom is 0.168 e. The van der Waals surface area contributed by atoms with Crippen LogP contribution in [-0.2, 0) is 9.53 Å². The zero-order chi connectivity index (χ0) is 12.8. The molecule has 2 fully saturated rings. The van der Waals surface area contributed by atoms with Crippen molar-refractivity contribution < 1.29 is 9.53 Å². The molecule has 0 radical (unpaired) electrons. The molecule has 3 heteroatoms. The molecule has 2 aliphatic rings. The van der Waals surface area contributed by atoms with Crippen molar-refractivity contribution in [3.8, 4) is 0 Å². The second-order valence-electron chi connectivity index (χ2n) is 5.57. The van der Waals surface area contributed by atoms with Gasteiger partial charge < -0.3 is 4.74 Å². The number of carbonyl (C=O) groups excluding carboxylic acids is 1. The number of hydrogen-bond acceptors (Lipinski definition) is 3. The number of fused-ring (bicyclic) bond motifs is 1. The molecule has 1 aliphatic heterocycles. The van der Waals surface area contributed by atoms with Crippen molar-refractivity contribution in [2.24, 2.45) is 5.41 Å². The third-order valence-corrected chi connectivity index (χ3v) is 5.99. The topological polar surface area (TPSA) is 26.3 Å². The Morgan fingerprint density at radius 2 is 1.94 bits per heavy atom. The van der Waals surface area contributed by atoms with E-state index in [2.05, 4.69) is 38.1 Å². The number of ketones is 1. The SMILES string of the molecule is Cc1ccc(S[C@@]23CCC[C@]2(C)C(=O)CO3)cc1. The van der Waals surface area contributed by atoms with E-state index in [0.29, 0.717) is 0 Å². The van der Waals surface area contributed by atoms with E-state index in [9.17, 15) is 4.79 Å². The predicted molar refractivity (Wildman–Crippen MR) is 72.7 cm³/mol. The van der Waals surface area contributed by atoms with Crippen LogP contribution in [0.25, 0.3) is 0 Å². The van der Waals surface area contributed by atoms with E-state index in [1.807, 2.05) is 0 Å². The van der Waals surface area contributed by atoms with Crippen LogP contribution in [-0.4, -0.2) is 17.3 Å². The summed E-state index contributed by atoms with van der Waals surface area (Å²) in [4.78, 5) is 13.0. The summed E-state index contributed by atoms with van der Waals surface area (Å²) < 4.78 is 5.93. The molecule has 0 spiro atoms. The van der Waals surface area contributed by atoms with Crippen LogP contribution in [0.5, 0.6) is 0 Å². The van der Waals surface area contributed by atoms with Crippen molar-refractivity contribution >= 4 is 17.5 Å². The zero-order valence-corrected chi connectivity index (χ0v) is 11.7. The molecule has 0 N–H and O–H groups in total. The van der Waals surface area contributed by atoms with Gasteiger partial charge in [-0.3, -0.25) is 4.79 Å². The van der Waals surface area contributed by atoms with Crippen LogP contribution in [0.4, 0.5) is 0 Å². The highest BCUT2D eigenvalue weighted by Gasteiger charge is 2.62. The van der Waals surface area contributed by atoms with E-state index in [4.69, 9.17) is 4.74 Å². The number of Topliss-reactive ketones (excluding diaryl/α,β-unsaturated/α-hetero) is 1. The minimum absolute atomic E-state index is 0.277. The number of thioether (sulfide) groups is 1. The minimum atomic E-state index is -0.320. The number of aryl methyl sites for hydroxylation is 1. The molecule has 18 heavy (non-hydrogen) atoms. The first kappa shape index (κ1) is 12.2. The second-order valence-corrected chi connectivity index (χ2v) is 6.90. The first-order valence-electron chi connectivity index (χ1n) is 6.49. The van der Waals surface area contributed by atoms with Gasteiger partial charge >= 0.3 is 0 Å². The number of carbonyl (C=O) groups is 1. The fraction of sp³-hybridized carbons (Fsp3) is 0.533. The summed E-state index contributed by atoms with van der Waals surface area (Å²) in [7, 11) is 0. The summed E-state index contributed by atoms with van der Waals surface area (Å²) in [5.41, 5.74) is 0.970. The highest BCUT2D eigenvalue weighted by atomic mass is 32.2. The fourth-order valence-electron chi connectivity index (χ4n) is 3.06. The smallest absolute Gasteiger partial charge is 0.168 e. The number of ether oxygens (including phenoxy) is 1. The fourth-order valence-corrected chi connectivity index (χ4v) is 4.51. The van der Waals surface area contributed by atoms with Crippen molar-refractivity contribution in [1.82, 2.24) is 0 Å². The third-order valence-electron chi connectivity index (χ3n) is 4.38. The summed E-state index contributed by atoms with van der Waals surface area (Å²) in [5, 5.41) is 0. The van der Waals surface area contributed by atoms with Gasteiger partial charge in [0.2, 0.25) is 0 Å². The molecule has 1 aromatic carbocycles. The van der Waals surface area contributed by atoms with Crippen LogP contribution in [0.1, 0.15) is 31.7 Å². The van der Waals surface area contributed by atoms with Gasteiger partial charge in [0.05, 0.1) is 5.41 Å². The Hall–Kier alpha value is -0.800. The molecular formula is C15H18O2S. The lowest BCUT2D eigenvalue weighted by Gasteiger charge is -2.34. The van der Waals surface area contributed by atoms with Gasteiger partial charge in [-0.1, -0.05) is 29.5 Å². The maximum absolute atomic E-state index is 12.1. The molecule has 0 aromatic heterocycles. The van der Waals surface area contributed by atoms with Crippen LogP contribution in [0.15, 0.2) is 29.2 Å². The predicted octanol–water partition coefficient (Wildman–Crippen LogP) is 3.57. The molecule has 0 bridgehead atoms. The average Bonchev–Trinajstić information content (AvgIpc) is 2.78. The Bertz CT molecular complexity index is 482. The van der Waals surface area contributed by atoms with Crippen LogP contribution in [0.3, 0.4) is 0 Å². The van der Waals surface area contributed by atoms with E-state index in [-0.39, 0.29) is 22.7 Å². The maximum atomic E-state index is 12.1. The van der Waals surface area contributed by atoms with Crippen LogP contribution >= 0.6 is 11.8 Å². The molecule has 0 unspecified atom stereocenters. The first-order valence-corrected chi connectivity index (χ1v) is 7.30. The van der Waals surface area contributed by atoms with E-state index < -0.39 is 0 Å². The Balaban J connectivity index is 1.91. The van der Waals surface area contributed by atoms with Gasteiger partial charge in [-0.25, -0.2) is 0 Å². The average molecular weight is 262 g/mol. The molecule has 1 saturated heterocycles. The van der Waals surface area contributed by atoms with Crippen LogP contribution in [0, 0.1) is 12.3 Å². The summed E-state index contributed by atoms with van der Waals surface area (Å²) in [5.74, 6) is 0.277. The van der Waals surface area contributed by atoms with Crippen molar-refractivity contribution in [2.45, 2.75) is 42.9 Å². The molecule has 0 amide bonds. The largest absolute Gasteiger partial charge is 0.355 e. The van der Waals surface area contributed by atoms with Crippen molar-refractivity contribution in [3.05, 3.63) is 29.8 Å². The normalized spacial score (nSPS) is 34.9. The molecule has 1 saturated carbocycles. The van der Waals surface area contributed by atoms with Crippen LogP contribution in [0.2, 0.25) is 0 Å². The highest BCUT2D eigenvalue weighted by Crippen LogP contribution is 2.60. The first-order chi connectivity index (χ1) is 8.56. The number of benzene rings is 1. The molecule has 1 heterocycles. The van der Waals surface area contributed by atoms with Crippen molar-refractivity contribution in [2.75, 3.05) is 6.61 Å². The zero-order valence-electron chi connectivity index (χ0n) is 10.9. The highest BCUT2D eigenvalue weighted by molar-refractivity contribution is 8.00. The quantitative estimate of drug-likeness (QED) is 0.815. The van der Waals surface area contributed by atoms with Gasteiger partial charge in [0.25, 0.3) is 0 Å². The van der Waals surface area contributed by atoms with E-state index >= 15 is 0 Å². The lowest BCUT2D eigenvalue weighted by molar-refractivity contribution is -0.124. The number of hydrogen-bond donors (Lipinski definition) is 0. The Morgan fingerprint density at radius 1 is 1.22 bits per heavy atom. The van der Waals surface area contributed by atoms with E-state index in [1.54, 1.807) is 11.8 Å². The summed E-state index contributed by atoms with van der Waals surface area (Å²) >= 11 is 1.74. The third kappa shape index (κ3) is 1.64. The van der Waals surface area contributed by atoms with Crippen LogP contribution < -0.4 is 0 Å². The Labute approximate surface area is 112 Å². The standard InChI is InChI=1S/C15H18O2S/c1-11-4-6-12(7-5-11)18-15-9-3-8-14(15,2)13(16)10-17-15/h4-7H,3,8-10H2,1-2H3/t14-,15+/m1/s1. The molecule has 1 aliphatic carbocycles. The monoisotopic (exact) mass is 262 g/mol. The van der Waals surface area contributed by atoms with Gasteiger partial charge in [-0.05, 0) is 45.2 Å². The lowest BCUT2D eigenvalue weighted by atomic mass is 9.84. The van der Waals surface area contributed by atoms with Gasteiger partial charge in [0.15, 0.2) is 5.78 Å². The van der Waals surface area contributed by atoms with E-state index in [1.165, 1.54) is 10.5 Å². The van der Waals surface area contributed by atoms with Gasteiger partial charge in [-0.2, -0.15) is 0 Å². The van der Waals surface area contributed by atoms with Crippen molar-refractivity contribution in [1.29, 1.82) is 0 Å². The number of rotatable bonds is 2. The summed E-state index contributed by atoms with van der Waals surface area (Å²) in [6, 6.07) is 8.48.